The number of hydrogen-bond donors (Lipinski definition) is 2. The molecule has 2 heterocycles. The summed E-state index contributed by atoms with van der Waals surface area (Å²) in [6, 6.07) is 6.26. The Balaban J connectivity index is 1.73. The molecule has 1 aliphatic rings. The third-order valence-electron chi connectivity index (χ3n) is 6.03. The van der Waals surface area contributed by atoms with Crippen molar-refractivity contribution in [2.45, 2.75) is 31.2 Å². The summed E-state index contributed by atoms with van der Waals surface area (Å²) in [6.45, 7) is 0. The van der Waals surface area contributed by atoms with E-state index in [2.05, 4.69) is 31.7 Å². The number of anilines is 1. The van der Waals surface area contributed by atoms with E-state index in [1.807, 2.05) is 12.3 Å². The van der Waals surface area contributed by atoms with E-state index in [4.69, 9.17) is 32.5 Å². The van der Waals surface area contributed by atoms with Crippen LogP contribution in [0.25, 0.3) is 16.7 Å². The average molecular weight is 455 g/mol. The summed E-state index contributed by atoms with van der Waals surface area (Å²) in [5.74, 6) is 2.25. The number of fused-ring (bicyclic) bond motifs is 1. The van der Waals surface area contributed by atoms with Crippen molar-refractivity contribution in [3.8, 4) is 11.5 Å². The Labute approximate surface area is 191 Å². The van der Waals surface area contributed by atoms with Crippen LogP contribution in [0.1, 0.15) is 42.3 Å². The molecule has 1 aliphatic carbocycles. The lowest BCUT2D eigenvalue weighted by atomic mass is 9.97. The monoisotopic (exact) mass is 454 g/mol. The van der Waals surface area contributed by atoms with Crippen molar-refractivity contribution >= 4 is 40.4 Å². The fourth-order valence-electron chi connectivity index (χ4n) is 4.47. The summed E-state index contributed by atoms with van der Waals surface area (Å²) in [5, 5.41) is 0.824. The van der Waals surface area contributed by atoms with Gasteiger partial charge in [0.2, 0.25) is 5.28 Å². The largest absolute Gasteiger partial charge is 0.497 e. The van der Waals surface area contributed by atoms with Crippen molar-refractivity contribution in [3.05, 3.63) is 46.9 Å². The molecule has 3 aromatic rings. The molecule has 9 heteroatoms. The van der Waals surface area contributed by atoms with Crippen LogP contribution in [0.4, 0.5) is 5.82 Å². The molecule has 4 N–H and O–H groups in total. The fraction of sp³-hybridized carbons (Fsp3) is 0.348. The van der Waals surface area contributed by atoms with Crippen molar-refractivity contribution < 1.29 is 9.47 Å². The molecule has 168 valence electrons. The second-order valence-corrected chi connectivity index (χ2v) is 8.20. The Bertz CT molecular complexity index is 1180. The highest BCUT2D eigenvalue weighted by molar-refractivity contribution is 6.28. The number of nitrogens with zero attached hydrogens (tertiary/aromatic N) is 4. The number of benzene rings is 1. The zero-order valence-electron chi connectivity index (χ0n) is 18.4. The molecule has 1 saturated carbocycles. The molecule has 8 nitrogen and oxygen atoms in total. The van der Waals surface area contributed by atoms with Gasteiger partial charge in [-0.15, -0.1) is 0 Å². The fourth-order valence-corrected chi connectivity index (χ4v) is 4.64. The van der Waals surface area contributed by atoms with Gasteiger partial charge in [-0.25, -0.2) is 4.98 Å². The number of nitrogen functional groups attached to an aromatic ring is 1. The molecule has 1 fully saturated rings. The van der Waals surface area contributed by atoms with E-state index in [-0.39, 0.29) is 11.3 Å². The van der Waals surface area contributed by atoms with E-state index in [1.165, 1.54) is 5.56 Å². The predicted octanol–water partition coefficient (Wildman–Crippen LogP) is 4.19. The number of allylic oxidation sites excluding steroid dienone is 1. The molecule has 4 rings (SSSR count). The highest BCUT2D eigenvalue weighted by Gasteiger charge is 2.30. The maximum Gasteiger partial charge on any atom is 0.226 e. The van der Waals surface area contributed by atoms with Crippen molar-refractivity contribution in [3.63, 3.8) is 0 Å². The average Bonchev–Trinajstić information content (AvgIpc) is 3.42. The van der Waals surface area contributed by atoms with E-state index in [1.54, 1.807) is 33.6 Å². The van der Waals surface area contributed by atoms with Crippen LogP contribution in [0.5, 0.6) is 11.5 Å². The molecular weight excluding hydrogens is 428 g/mol. The number of hydrogen-bond acceptors (Lipinski definition) is 7. The summed E-state index contributed by atoms with van der Waals surface area (Å²) < 4.78 is 13.0. The van der Waals surface area contributed by atoms with Gasteiger partial charge in [-0.05, 0) is 60.6 Å². The number of aromatic nitrogens is 3. The second-order valence-electron chi connectivity index (χ2n) is 7.87. The van der Waals surface area contributed by atoms with Gasteiger partial charge in [0.15, 0.2) is 0 Å². The standard InChI is InChI=1S/C23H27ClN6O2/c1-27-7-6-19(25)18-12-30(22-20(18)21(26)28-23(24)29-22)15-5-4-13(8-15)14-9-16(31-2)11-17(10-14)32-3/h6-7,9-13,15H,4-5,8,25H2,1-3H3,(H2,26,28,29)/b19-6-,27-7?. The number of ether oxygens (including phenoxy) is 2. The molecule has 1 aromatic carbocycles. The molecule has 0 saturated heterocycles. The maximum absolute atomic E-state index is 6.33. The summed E-state index contributed by atoms with van der Waals surface area (Å²) in [6.07, 6.45) is 8.33. The lowest BCUT2D eigenvalue weighted by Crippen LogP contribution is -2.06. The van der Waals surface area contributed by atoms with Crippen molar-refractivity contribution in [1.29, 1.82) is 0 Å². The van der Waals surface area contributed by atoms with Crippen LogP contribution in [-0.2, 0) is 0 Å². The zero-order chi connectivity index (χ0) is 22.8. The summed E-state index contributed by atoms with van der Waals surface area (Å²) in [7, 11) is 5.02. The van der Waals surface area contributed by atoms with Gasteiger partial charge in [-0.3, -0.25) is 4.99 Å². The van der Waals surface area contributed by atoms with Crippen LogP contribution in [0.3, 0.4) is 0 Å². The molecular formula is C23H27ClN6O2. The smallest absolute Gasteiger partial charge is 0.226 e. The number of rotatable bonds is 6. The van der Waals surface area contributed by atoms with E-state index < -0.39 is 0 Å². The molecule has 32 heavy (non-hydrogen) atoms. The molecule has 2 unspecified atom stereocenters. The minimum Gasteiger partial charge on any atom is -0.497 e. The van der Waals surface area contributed by atoms with Gasteiger partial charge in [0.1, 0.15) is 23.0 Å². The molecule has 0 spiro atoms. The topological polar surface area (TPSA) is 114 Å². The SMILES string of the molecule is CN=C/C=C(\N)c1cn(C2CCC(c3cc(OC)cc(OC)c3)C2)c2nc(Cl)nc(N)c12. The van der Waals surface area contributed by atoms with Crippen molar-refractivity contribution in [2.24, 2.45) is 10.7 Å². The Kier molecular flexibility index (Phi) is 6.23. The lowest BCUT2D eigenvalue weighted by Gasteiger charge is -2.16. The van der Waals surface area contributed by atoms with Crippen molar-refractivity contribution in [2.75, 3.05) is 27.0 Å². The maximum atomic E-state index is 6.33. The van der Waals surface area contributed by atoms with E-state index in [0.717, 1.165) is 36.3 Å². The molecule has 0 amide bonds. The van der Waals surface area contributed by atoms with E-state index >= 15 is 0 Å². The lowest BCUT2D eigenvalue weighted by molar-refractivity contribution is 0.392. The van der Waals surface area contributed by atoms with Gasteiger partial charge in [0.05, 0.1) is 19.6 Å². The first kappa shape index (κ1) is 22.0. The van der Waals surface area contributed by atoms with Gasteiger partial charge >= 0.3 is 0 Å². The van der Waals surface area contributed by atoms with Gasteiger partial charge < -0.3 is 25.5 Å². The first-order valence-electron chi connectivity index (χ1n) is 10.4. The van der Waals surface area contributed by atoms with E-state index in [0.29, 0.717) is 28.5 Å². The van der Waals surface area contributed by atoms with Crippen LogP contribution >= 0.6 is 11.6 Å². The summed E-state index contributed by atoms with van der Waals surface area (Å²) in [4.78, 5) is 12.6. The Morgan fingerprint density at radius 1 is 1.19 bits per heavy atom. The highest BCUT2D eigenvalue weighted by Crippen LogP contribution is 2.45. The van der Waals surface area contributed by atoms with E-state index in [9.17, 15) is 0 Å². The molecule has 2 aromatic heterocycles. The van der Waals surface area contributed by atoms with Crippen LogP contribution in [-0.4, -0.2) is 42.0 Å². The van der Waals surface area contributed by atoms with Gasteiger partial charge in [-0.1, -0.05) is 0 Å². The quantitative estimate of drug-likeness (QED) is 0.426. The minimum atomic E-state index is 0.116. The molecule has 0 bridgehead atoms. The van der Waals surface area contributed by atoms with Crippen LogP contribution in [0.15, 0.2) is 35.5 Å². The first-order valence-corrected chi connectivity index (χ1v) is 10.8. The number of methoxy groups -OCH3 is 2. The van der Waals surface area contributed by atoms with Crippen LogP contribution in [0, 0.1) is 0 Å². The predicted molar refractivity (Wildman–Crippen MR) is 129 cm³/mol. The van der Waals surface area contributed by atoms with Gasteiger partial charge in [-0.2, -0.15) is 4.98 Å². The minimum absolute atomic E-state index is 0.116. The normalized spacial score (nSPS) is 19.2. The number of aliphatic imine (C=N–C) groups is 1. The van der Waals surface area contributed by atoms with Gasteiger partial charge in [0, 0.05) is 42.8 Å². The van der Waals surface area contributed by atoms with Crippen molar-refractivity contribution in [1.82, 2.24) is 14.5 Å². The van der Waals surface area contributed by atoms with Crippen LogP contribution in [0.2, 0.25) is 5.28 Å². The summed E-state index contributed by atoms with van der Waals surface area (Å²) >= 11 is 6.16. The van der Waals surface area contributed by atoms with Gasteiger partial charge in [0.25, 0.3) is 0 Å². The number of halogens is 1. The third kappa shape index (κ3) is 4.10. The molecule has 0 radical (unpaired) electrons. The Morgan fingerprint density at radius 3 is 2.56 bits per heavy atom. The molecule has 0 aliphatic heterocycles. The Hall–Kier alpha value is -3.26. The Morgan fingerprint density at radius 2 is 1.91 bits per heavy atom. The second kappa shape index (κ2) is 9.08. The van der Waals surface area contributed by atoms with Crippen LogP contribution < -0.4 is 20.9 Å². The highest BCUT2D eigenvalue weighted by atomic mass is 35.5. The first-order chi connectivity index (χ1) is 15.4. The zero-order valence-corrected chi connectivity index (χ0v) is 19.1. The number of nitrogens with two attached hydrogens (primary N) is 2. The summed E-state index contributed by atoms with van der Waals surface area (Å²) in [5.41, 5.74) is 15.8. The molecule has 2 atom stereocenters. The third-order valence-corrected chi connectivity index (χ3v) is 6.20.